The van der Waals surface area contributed by atoms with Crippen molar-refractivity contribution in [2.24, 2.45) is 0 Å². The number of rotatable bonds is 19. The average Bonchev–Trinajstić information content (AvgIpc) is 1.78. The van der Waals surface area contributed by atoms with E-state index in [1.165, 1.54) is 35.2 Å². The fourth-order valence-electron chi connectivity index (χ4n) is 20.6. The van der Waals surface area contributed by atoms with Gasteiger partial charge < -0.3 is 43.3 Å². The Balaban J connectivity index is 0.000000136. The lowest BCUT2D eigenvalue weighted by atomic mass is 9.88. The van der Waals surface area contributed by atoms with Crippen molar-refractivity contribution >= 4 is 81.2 Å². The molecule has 0 aromatic heterocycles. The number of para-hydroxylation sites is 3. The van der Waals surface area contributed by atoms with E-state index in [9.17, 15) is 21.0 Å². The van der Waals surface area contributed by atoms with E-state index in [2.05, 4.69) is 247 Å². The number of methoxy groups -OCH3 is 1. The van der Waals surface area contributed by atoms with E-state index >= 15 is 0 Å². The van der Waals surface area contributed by atoms with Gasteiger partial charge in [0, 0.05) is 96.7 Å². The lowest BCUT2D eigenvalue weighted by molar-refractivity contribution is 0.00743. The predicted octanol–water partition coefficient (Wildman–Crippen LogP) is 31.7. The van der Waals surface area contributed by atoms with Crippen LogP contribution in [-0.2, 0) is 31.8 Å². The molecule has 4 heterocycles. The molecule has 0 saturated heterocycles. The molecule has 10 aromatic carbocycles. The van der Waals surface area contributed by atoms with Gasteiger partial charge in [0.2, 0.25) is 0 Å². The number of ether oxygens (including phenoxy) is 5. The third-order valence-electron chi connectivity index (χ3n) is 28.0. The first-order valence-electron chi connectivity index (χ1n) is 48.8. The molecule has 9 aliphatic rings. The molecule has 10 aromatic rings. The first kappa shape index (κ1) is 97.3. The van der Waals surface area contributed by atoms with Crippen LogP contribution in [0.5, 0.6) is 5.75 Å². The van der Waals surface area contributed by atoms with Gasteiger partial charge in [-0.3, -0.25) is 0 Å². The van der Waals surface area contributed by atoms with Gasteiger partial charge in [-0.2, -0.15) is 0 Å². The molecule has 4 fully saturated rings. The minimum atomic E-state index is -0.288. The smallest absolute Gasteiger partial charge is 0.265 e. The van der Waals surface area contributed by atoms with Crippen LogP contribution in [0.15, 0.2) is 372 Å². The van der Waals surface area contributed by atoms with Gasteiger partial charge >= 0.3 is 0 Å². The van der Waals surface area contributed by atoms with Crippen molar-refractivity contribution < 1.29 is 23.7 Å². The van der Waals surface area contributed by atoms with Gasteiger partial charge in [0.25, 0.3) is 22.8 Å². The standard InChI is InChI=1S/C37H35N3O.C32H27N3O.C28H27N3O2.C27H25N3O/c1-27-12-17-31(18-13-27)40(36-11-7-9-29-8-3-4-10-34(29)36)32-19-14-28(15-20-32)16-21-33-24-30(35(26-38)39-2)25-37(41-33)22-5-6-23-37;1-34-31(24-33)26-22-30(36-32(23-26)20-8-9-21-32)19-16-25-14-17-29(18-15-25)35(27-10-4-2-5-11-27)28-12-6-3-7-13-28;1-30-27(20-29)22-18-26(33-28(19-22)16-4-5-17-28)13-8-21-6-9-23(10-7-21)31(2)24-11-14-25(32-3)15-12-24;1-29-26(20-28)22-18-25(31-27(19-22)16-6-7-17-27)15-12-21-10-13-24(14-11-21)30(2)23-8-4-3-5-9-23/h7,9,11-21,24H,3-6,8,10,22-23,25H2,1H3;2-7,10-19,22H,8-9,20-21,23H2;6-15,18H,4-5,16-17,19H2,2-3H3;3-5,8-15,18H,6-7,16-17,19H2,2H3/b21-16+,35-30+;19-16+,31-26-;13-8+,27-22+;15-12+,26-22-. The molecule has 4 spiro atoms. The molecule has 17 nitrogen and oxygen atoms in total. The first-order chi connectivity index (χ1) is 68.9. The van der Waals surface area contributed by atoms with Gasteiger partial charge in [-0.05, 0) is 367 Å². The lowest BCUT2D eigenvalue weighted by Crippen LogP contribution is -2.31. The zero-order valence-corrected chi connectivity index (χ0v) is 80.6. The van der Waals surface area contributed by atoms with E-state index in [1.54, 1.807) is 7.11 Å². The summed E-state index contributed by atoms with van der Waals surface area (Å²) >= 11 is 0. The Kier molecular flexibility index (Phi) is 31.7. The molecule has 17 heteroatoms. The Morgan fingerprint density at radius 1 is 0.312 bits per heavy atom. The topological polar surface area (TPSA) is 172 Å². The summed E-state index contributed by atoms with van der Waals surface area (Å²) in [6, 6.07) is 96.4. The van der Waals surface area contributed by atoms with Crippen LogP contribution in [0.2, 0.25) is 0 Å². The molecule has 5 aliphatic carbocycles. The van der Waals surface area contributed by atoms with Crippen molar-refractivity contribution in [1.29, 1.82) is 21.0 Å². The molecule has 141 heavy (non-hydrogen) atoms. The van der Waals surface area contributed by atoms with Gasteiger partial charge in [0.1, 0.15) is 51.2 Å². The van der Waals surface area contributed by atoms with Gasteiger partial charge in [-0.25, -0.2) is 40.4 Å². The van der Waals surface area contributed by atoms with Crippen molar-refractivity contribution in [3.05, 3.63) is 456 Å². The minimum Gasteiger partial charge on any atom is -0.497 e. The Morgan fingerprint density at radius 2 is 0.582 bits per heavy atom. The van der Waals surface area contributed by atoms with Crippen LogP contribution >= 0.6 is 0 Å². The number of hydrogen-bond acceptors (Lipinski definition) is 13. The predicted molar refractivity (Wildman–Crippen MR) is 565 cm³/mol. The number of anilines is 10. The molecule has 0 unspecified atom stereocenters. The van der Waals surface area contributed by atoms with Crippen LogP contribution in [0.3, 0.4) is 0 Å². The SMILES string of the molecule is [C-]#[N+]/C(C#N)=C1C=C(/C=C/c2ccc(N(C)c3ccc(OC)cc3)cc2)OC2(CCCC2)C\1.[C-]#[N+]/C(C#N)=C1C=C(/C=C/c2ccc(N(C)c3ccccc3)cc2)OC2(CCCC2)C/1.[C-]#[N+]/C(C#N)=C1C=C(/C=C/c2ccc(N(c3ccc(C)cc3)c3cccc4c3CCCC4)cc2)OC2(CCCC2)C\1.[C-]#[N+]/C(C#N)=C1C=C(/C=C/c2ccc(N(c3ccccc3)c3ccccc3)cc2)OC2(CCCC2)C/1. The molecule has 700 valence electrons. The lowest BCUT2D eigenvalue weighted by Gasteiger charge is -2.35. The van der Waals surface area contributed by atoms with E-state index in [0.29, 0.717) is 37.2 Å². The molecular formula is C124H114N12O5. The van der Waals surface area contributed by atoms with Crippen LogP contribution in [0.4, 0.5) is 56.9 Å². The second kappa shape index (κ2) is 45.9. The van der Waals surface area contributed by atoms with Crippen molar-refractivity contribution in [3.63, 3.8) is 0 Å². The number of nitriles is 4. The molecule has 0 amide bonds. The maximum Gasteiger partial charge on any atom is 0.265 e. The maximum atomic E-state index is 9.50. The van der Waals surface area contributed by atoms with E-state index < -0.39 is 0 Å². The van der Waals surface area contributed by atoms with Crippen LogP contribution in [0.1, 0.15) is 180 Å². The van der Waals surface area contributed by atoms with E-state index in [-0.39, 0.29) is 45.2 Å². The molecule has 0 radical (unpaired) electrons. The van der Waals surface area contributed by atoms with Gasteiger partial charge in [0.15, 0.2) is 0 Å². The zero-order chi connectivity index (χ0) is 98.0. The highest BCUT2D eigenvalue weighted by Crippen LogP contribution is 2.50. The Labute approximate surface area is 831 Å². The monoisotopic (exact) mass is 1850 g/mol. The number of aryl methyl sites for hydroxylation is 2. The first-order valence-corrected chi connectivity index (χ1v) is 48.8. The van der Waals surface area contributed by atoms with Crippen LogP contribution < -0.4 is 24.3 Å². The zero-order valence-electron chi connectivity index (χ0n) is 80.6. The number of benzene rings is 10. The van der Waals surface area contributed by atoms with Gasteiger partial charge in [0.05, 0.1) is 57.7 Å². The van der Waals surface area contributed by atoms with Crippen molar-refractivity contribution in [3.8, 4) is 30.0 Å². The fourth-order valence-corrected chi connectivity index (χ4v) is 20.6. The van der Waals surface area contributed by atoms with Gasteiger partial charge in [-0.15, -0.1) is 0 Å². The number of allylic oxidation sites excluding steroid dienone is 12. The Bertz CT molecular complexity index is 6830. The number of nitrogens with zero attached hydrogens (tertiary/aromatic N) is 12. The van der Waals surface area contributed by atoms with E-state index in [0.717, 1.165) is 229 Å². The third-order valence-corrected chi connectivity index (χ3v) is 28.0. The quantitative estimate of drug-likeness (QED) is 0.0554. The highest BCUT2D eigenvalue weighted by atomic mass is 16.5. The highest BCUT2D eigenvalue weighted by molar-refractivity contribution is 5.81. The largest absolute Gasteiger partial charge is 0.497 e. The molecular weight excluding hydrogens is 1740 g/mol. The summed E-state index contributed by atoms with van der Waals surface area (Å²) in [5, 5.41) is 37.6. The van der Waals surface area contributed by atoms with Crippen LogP contribution in [0, 0.1) is 78.5 Å². The van der Waals surface area contributed by atoms with Crippen LogP contribution in [-0.4, -0.2) is 43.6 Å². The molecule has 4 saturated carbocycles. The Hall–Kier alpha value is -16.8. The van der Waals surface area contributed by atoms with Crippen molar-refractivity contribution in [2.75, 3.05) is 40.8 Å². The van der Waals surface area contributed by atoms with Crippen LogP contribution in [0.25, 0.3) is 43.7 Å². The van der Waals surface area contributed by atoms with Gasteiger partial charge in [-0.1, -0.05) is 157 Å². The molecule has 0 N–H and O–H groups in total. The summed E-state index contributed by atoms with van der Waals surface area (Å²) in [6.07, 6.45) is 47.4. The van der Waals surface area contributed by atoms with E-state index in [4.69, 9.17) is 50.0 Å². The highest BCUT2D eigenvalue weighted by Gasteiger charge is 2.44. The minimum absolute atomic E-state index is 0.168. The molecule has 0 bridgehead atoms. The summed E-state index contributed by atoms with van der Waals surface area (Å²) in [4.78, 5) is 22.7. The maximum absolute atomic E-state index is 9.50. The van der Waals surface area contributed by atoms with Crippen molar-refractivity contribution in [2.45, 2.75) is 183 Å². The normalized spacial score (nSPS) is 18.3. The summed E-state index contributed by atoms with van der Waals surface area (Å²) < 4.78 is 30.9. The second-order valence-corrected chi connectivity index (χ2v) is 37.4. The molecule has 4 aliphatic heterocycles. The molecule has 19 rings (SSSR count). The number of hydrogen-bond donors (Lipinski definition) is 0. The summed E-state index contributed by atoms with van der Waals surface area (Å²) in [5.41, 5.74) is 22.4. The number of fused-ring (bicyclic) bond motifs is 1. The fraction of sp³-hybridized carbons (Fsp3) is 0.258. The molecule has 0 atom stereocenters. The average molecular weight is 1850 g/mol. The Morgan fingerprint density at radius 3 is 0.887 bits per heavy atom. The summed E-state index contributed by atoms with van der Waals surface area (Å²) in [5.74, 6) is 3.72. The summed E-state index contributed by atoms with van der Waals surface area (Å²) in [7, 11) is 5.75. The third kappa shape index (κ3) is 24.1. The summed E-state index contributed by atoms with van der Waals surface area (Å²) in [6.45, 7) is 31.6. The second-order valence-electron chi connectivity index (χ2n) is 37.4. The van der Waals surface area contributed by atoms with Crippen molar-refractivity contribution in [1.82, 2.24) is 0 Å². The van der Waals surface area contributed by atoms with E-state index in [1.807, 2.05) is 165 Å².